The highest BCUT2D eigenvalue weighted by Crippen LogP contribution is 2.34. The van der Waals surface area contributed by atoms with Crippen molar-refractivity contribution in [2.75, 3.05) is 12.8 Å². The quantitative estimate of drug-likeness (QED) is 0.310. The summed E-state index contributed by atoms with van der Waals surface area (Å²) in [7, 11) is 1.56. The number of Topliss-reactive ketones (excluding diaryl/α,β-unsaturated/α-hetero) is 1. The number of thiophene rings is 1. The standard InChI is InChI=1S/C20H19F2N3O3S2/c1-10(18(27)23-3)15-7-8-16(30-15)13(26)9-29-19-17-12(24-11(2)25-19)5-4-6-14(17)28-20(21)22/h4-8,10,20H,9H2,1-3H3,(H,23,27). The van der Waals surface area contributed by atoms with E-state index in [1.54, 1.807) is 45.2 Å². The molecule has 2 heterocycles. The molecule has 0 saturated carbocycles. The molecule has 0 radical (unpaired) electrons. The lowest BCUT2D eigenvalue weighted by atomic mass is 10.1. The minimum Gasteiger partial charge on any atom is -0.434 e. The Morgan fingerprint density at radius 3 is 2.70 bits per heavy atom. The number of aryl methyl sites for hydroxylation is 1. The number of hydrogen-bond acceptors (Lipinski definition) is 7. The summed E-state index contributed by atoms with van der Waals surface area (Å²) in [5, 5.41) is 3.34. The van der Waals surface area contributed by atoms with Gasteiger partial charge in [0.15, 0.2) is 5.78 Å². The van der Waals surface area contributed by atoms with Crippen molar-refractivity contribution in [2.24, 2.45) is 0 Å². The van der Waals surface area contributed by atoms with E-state index in [0.717, 1.165) is 16.6 Å². The van der Waals surface area contributed by atoms with Crippen LogP contribution in [0.2, 0.25) is 0 Å². The number of carbonyl (C=O) groups is 2. The lowest BCUT2D eigenvalue weighted by Crippen LogP contribution is -2.23. The van der Waals surface area contributed by atoms with E-state index >= 15 is 0 Å². The van der Waals surface area contributed by atoms with Gasteiger partial charge in [0.05, 0.1) is 27.5 Å². The van der Waals surface area contributed by atoms with Crippen molar-refractivity contribution in [2.45, 2.75) is 31.4 Å². The van der Waals surface area contributed by atoms with Crippen molar-refractivity contribution in [1.29, 1.82) is 0 Å². The van der Waals surface area contributed by atoms with Gasteiger partial charge in [-0.3, -0.25) is 9.59 Å². The van der Waals surface area contributed by atoms with Gasteiger partial charge in [-0.05, 0) is 38.1 Å². The molecular weight excluding hydrogens is 432 g/mol. The van der Waals surface area contributed by atoms with Crippen LogP contribution in [0.4, 0.5) is 8.78 Å². The molecule has 6 nitrogen and oxygen atoms in total. The Hall–Kier alpha value is -2.59. The Kier molecular flexibility index (Phi) is 6.99. The maximum atomic E-state index is 12.8. The van der Waals surface area contributed by atoms with Gasteiger partial charge in [0.1, 0.15) is 16.6 Å². The van der Waals surface area contributed by atoms with Crippen LogP contribution in [0.3, 0.4) is 0 Å². The van der Waals surface area contributed by atoms with Crippen LogP contribution in [0.1, 0.15) is 33.2 Å². The summed E-state index contributed by atoms with van der Waals surface area (Å²) in [6, 6.07) is 8.13. The molecule has 1 amide bonds. The van der Waals surface area contributed by atoms with Gasteiger partial charge in [-0.25, -0.2) is 9.97 Å². The van der Waals surface area contributed by atoms with Gasteiger partial charge in [0.2, 0.25) is 5.91 Å². The summed E-state index contributed by atoms with van der Waals surface area (Å²) in [6.07, 6.45) is 0. The first-order valence-electron chi connectivity index (χ1n) is 8.99. The molecule has 10 heteroatoms. The summed E-state index contributed by atoms with van der Waals surface area (Å²) in [4.78, 5) is 34.4. The fourth-order valence-electron chi connectivity index (χ4n) is 2.81. The normalized spacial score (nSPS) is 12.2. The predicted molar refractivity (Wildman–Crippen MR) is 113 cm³/mol. The maximum absolute atomic E-state index is 12.8. The third-order valence-electron chi connectivity index (χ3n) is 4.29. The number of aromatic nitrogens is 2. The predicted octanol–water partition coefficient (Wildman–Crippen LogP) is 4.43. The van der Waals surface area contributed by atoms with Gasteiger partial charge < -0.3 is 10.1 Å². The highest BCUT2D eigenvalue weighted by atomic mass is 32.2. The van der Waals surface area contributed by atoms with Gasteiger partial charge in [-0.1, -0.05) is 17.8 Å². The topological polar surface area (TPSA) is 81.2 Å². The number of nitrogens with zero attached hydrogens (tertiary/aromatic N) is 2. The van der Waals surface area contributed by atoms with E-state index in [2.05, 4.69) is 20.0 Å². The lowest BCUT2D eigenvalue weighted by molar-refractivity contribution is -0.121. The second kappa shape index (κ2) is 9.48. The van der Waals surface area contributed by atoms with Crippen molar-refractivity contribution in [3.8, 4) is 5.75 Å². The first kappa shape index (κ1) is 22.1. The molecule has 3 rings (SSSR count). The molecule has 0 bridgehead atoms. The molecule has 1 unspecified atom stereocenters. The number of carbonyl (C=O) groups excluding carboxylic acids is 2. The van der Waals surface area contributed by atoms with Gasteiger partial charge in [-0.15, -0.1) is 11.3 Å². The van der Waals surface area contributed by atoms with E-state index in [9.17, 15) is 18.4 Å². The van der Waals surface area contributed by atoms with Crippen LogP contribution >= 0.6 is 23.1 Å². The van der Waals surface area contributed by atoms with Crippen LogP contribution in [0.25, 0.3) is 10.9 Å². The molecule has 0 fully saturated rings. The Balaban J connectivity index is 1.82. The second-order valence-corrected chi connectivity index (χ2v) is 8.43. The summed E-state index contributed by atoms with van der Waals surface area (Å²) >= 11 is 2.40. The number of nitrogens with one attached hydrogen (secondary N) is 1. The number of rotatable bonds is 8. The van der Waals surface area contributed by atoms with Crippen molar-refractivity contribution < 1.29 is 23.1 Å². The van der Waals surface area contributed by atoms with E-state index in [4.69, 9.17) is 0 Å². The molecule has 158 valence electrons. The Bertz CT molecular complexity index is 1090. The monoisotopic (exact) mass is 451 g/mol. The third kappa shape index (κ3) is 4.93. The fourth-order valence-corrected chi connectivity index (χ4v) is 4.87. The zero-order valence-electron chi connectivity index (χ0n) is 16.4. The lowest BCUT2D eigenvalue weighted by Gasteiger charge is -2.11. The van der Waals surface area contributed by atoms with Crippen LogP contribution in [-0.4, -0.2) is 41.1 Å². The first-order chi connectivity index (χ1) is 14.3. The van der Waals surface area contributed by atoms with Crippen LogP contribution < -0.4 is 10.1 Å². The maximum Gasteiger partial charge on any atom is 0.387 e. The number of likely N-dealkylation sites (N-methyl/N-ethyl adjacent to an activating group) is 1. The molecule has 1 N–H and O–H groups in total. The molecule has 0 spiro atoms. The van der Waals surface area contributed by atoms with E-state index < -0.39 is 6.61 Å². The third-order valence-corrected chi connectivity index (χ3v) is 6.57. The van der Waals surface area contributed by atoms with E-state index in [0.29, 0.717) is 26.6 Å². The summed E-state index contributed by atoms with van der Waals surface area (Å²) < 4.78 is 30.2. The van der Waals surface area contributed by atoms with Crippen LogP contribution in [-0.2, 0) is 4.79 Å². The number of ketones is 1. The molecular formula is C20H19F2N3O3S2. The number of amides is 1. The fraction of sp³-hybridized carbons (Fsp3) is 0.300. The van der Waals surface area contributed by atoms with Crippen LogP contribution in [0.5, 0.6) is 5.75 Å². The van der Waals surface area contributed by atoms with Crippen LogP contribution in [0.15, 0.2) is 35.4 Å². The summed E-state index contributed by atoms with van der Waals surface area (Å²) in [5.41, 5.74) is 0.466. The Morgan fingerprint density at radius 2 is 2.00 bits per heavy atom. The smallest absolute Gasteiger partial charge is 0.387 e. The van der Waals surface area contributed by atoms with Crippen molar-refractivity contribution in [1.82, 2.24) is 15.3 Å². The zero-order valence-corrected chi connectivity index (χ0v) is 18.1. The largest absolute Gasteiger partial charge is 0.434 e. The number of hydrogen-bond donors (Lipinski definition) is 1. The van der Waals surface area contributed by atoms with E-state index in [1.165, 1.54) is 17.4 Å². The molecule has 30 heavy (non-hydrogen) atoms. The number of benzene rings is 1. The van der Waals surface area contributed by atoms with Crippen molar-refractivity contribution >= 4 is 45.7 Å². The molecule has 1 aromatic carbocycles. The van der Waals surface area contributed by atoms with E-state index in [1.807, 2.05) is 0 Å². The van der Waals surface area contributed by atoms with Crippen LogP contribution in [0, 0.1) is 6.92 Å². The average Bonchev–Trinajstić information content (AvgIpc) is 3.20. The SMILES string of the molecule is CNC(=O)C(C)c1ccc(C(=O)CSc2nc(C)nc3cccc(OC(F)F)c23)s1. The van der Waals surface area contributed by atoms with Gasteiger partial charge in [-0.2, -0.15) is 8.78 Å². The number of ether oxygens (including phenoxy) is 1. The highest BCUT2D eigenvalue weighted by molar-refractivity contribution is 8.00. The minimum atomic E-state index is -2.98. The first-order valence-corrected chi connectivity index (χ1v) is 10.8. The number of thioether (sulfide) groups is 1. The molecule has 0 aliphatic carbocycles. The average molecular weight is 452 g/mol. The van der Waals surface area contributed by atoms with E-state index in [-0.39, 0.29) is 29.1 Å². The number of halogens is 2. The van der Waals surface area contributed by atoms with Crippen molar-refractivity contribution in [3.63, 3.8) is 0 Å². The van der Waals surface area contributed by atoms with Gasteiger partial charge in [0.25, 0.3) is 0 Å². The summed E-state index contributed by atoms with van der Waals surface area (Å²) in [6.45, 7) is 0.481. The van der Waals surface area contributed by atoms with Gasteiger partial charge in [0, 0.05) is 11.9 Å². The molecule has 0 aliphatic heterocycles. The second-order valence-electron chi connectivity index (χ2n) is 6.35. The zero-order chi connectivity index (χ0) is 21.8. The summed E-state index contributed by atoms with van der Waals surface area (Å²) in [5.74, 6) is -0.128. The molecule has 0 aliphatic rings. The van der Waals surface area contributed by atoms with Crippen molar-refractivity contribution in [3.05, 3.63) is 45.9 Å². The number of fused-ring (bicyclic) bond motifs is 1. The molecule has 1 atom stereocenters. The molecule has 3 aromatic rings. The highest BCUT2D eigenvalue weighted by Gasteiger charge is 2.20. The Labute approximate surface area is 180 Å². The number of alkyl halides is 2. The van der Waals surface area contributed by atoms with Gasteiger partial charge >= 0.3 is 6.61 Å². The Morgan fingerprint density at radius 1 is 1.23 bits per heavy atom. The minimum absolute atomic E-state index is 0.0322. The molecule has 0 saturated heterocycles. The molecule has 2 aromatic heterocycles.